The van der Waals surface area contributed by atoms with Crippen molar-refractivity contribution in [1.29, 1.82) is 0 Å². The van der Waals surface area contributed by atoms with Crippen molar-refractivity contribution in [3.8, 4) is 40.0 Å². The minimum Gasteiger partial charge on any atom is -0.480 e. The normalized spacial score (nSPS) is 19.5. The molecule has 4 aromatic rings. The first-order valence-corrected chi connectivity index (χ1v) is 15.3. The Balaban J connectivity index is 1.41. The number of halogens is 3. The highest BCUT2D eigenvalue weighted by atomic mass is 35.5. The molecule has 242 valence electrons. The number of rotatable bonds is 4. The van der Waals surface area contributed by atoms with Crippen molar-refractivity contribution < 1.29 is 37.3 Å². The fraction of sp³-hybridized carbons (Fsp3) is 0.294. The number of benzene rings is 3. The summed E-state index contributed by atoms with van der Waals surface area (Å²) in [5.41, 5.74) is 3.94. The van der Waals surface area contributed by atoms with Crippen molar-refractivity contribution in [2.45, 2.75) is 57.3 Å². The van der Waals surface area contributed by atoms with Crippen LogP contribution in [0.2, 0.25) is 5.02 Å². The molecule has 0 spiro atoms. The maximum absolute atomic E-state index is 16.7. The Morgan fingerprint density at radius 3 is 2.55 bits per heavy atom. The number of carbonyl (C=O) groups excluding carboxylic acids is 2. The van der Waals surface area contributed by atoms with Crippen molar-refractivity contribution in [1.82, 2.24) is 15.1 Å². The van der Waals surface area contributed by atoms with Gasteiger partial charge in [-0.05, 0) is 45.2 Å². The second kappa shape index (κ2) is 11.1. The molecule has 13 heteroatoms. The number of nitrogens with zero attached hydrogens (tertiary/aromatic N) is 3. The number of likely N-dealkylation sites (tertiary alicyclic amines) is 1. The van der Waals surface area contributed by atoms with Crippen molar-refractivity contribution in [2.75, 3.05) is 6.54 Å². The number of fused-ring (bicyclic) bond motifs is 3. The summed E-state index contributed by atoms with van der Waals surface area (Å²) >= 11 is 6.65. The predicted octanol–water partition coefficient (Wildman–Crippen LogP) is 7.30. The molecule has 0 saturated carbocycles. The number of aromatic nitrogens is 2. The van der Waals surface area contributed by atoms with Crippen molar-refractivity contribution in [3.05, 3.63) is 88.1 Å². The molecule has 2 amide bonds. The molecule has 0 unspecified atom stereocenters. The molecule has 2 atom stereocenters. The van der Waals surface area contributed by atoms with E-state index in [9.17, 15) is 9.59 Å². The first-order chi connectivity index (χ1) is 22.4. The molecule has 3 aromatic carbocycles. The number of hydrogen-bond acceptors (Lipinski definition) is 8. The molecule has 2 N–H and O–H groups in total. The van der Waals surface area contributed by atoms with Gasteiger partial charge in [0.15, 0.2) is 22.9 Å². The number of amides is 2. The van der Waals surface area contributed by atoms with Gasteiger partial charge in [-0.25, -0.2) is 13.6 Å². The van der Waals surface area contributed by atoms with Gasteiger partial charge in [-0.3, -0.25) is 4.79 Å². The first kappa shape index (κ1) is 30.7. The third kappa shape index (κ3) is 5.07. The van der Waals surface area contributed by atoms with Gasteiger partial charge in [0.2, 0.25) is 11.7 Å². The summed E-state index contributed by atoms with van der Waals surface area (Å²) < 4.78 is 56.4. The van der Waals surface area contributed by atoms with E-state index in [2.05, 4.69) is 10.2 Å². The number of carbonyl (C=O) groups is 2. The van der Waals surface area contributed by atoms with E-state index in [1.54, 1.807) is 25.7 Å². The highest BCUT2D eigenvalue weighted by molar-refractivity contribution is 6.34. The Bertz CT molecular complexity index is 1950. The molecule has 3 aliphatic rings. The second-order valence-corrected chi connectivity index (χ2v) is 13.0. The Kier molecular flexibility index (Phi) is 7.23. The quantitative estimate of drug-likeness (QED) is 0.212. The van der Waals surface area contributed by atoms with Crippen LogP contribution in [0.25, 0.3) is 11.1 Å². The number of primary amides is 1. The SMILES string of the molecule is CC(C)(C)OC(=O)N1CCC[C@H]1[C@@]1(c2ccccc2)Cc2c(cc(F)c(Cl)c2-c2c(C(N)=O)cc3c(c2F)Oc2nnccc2O3)O1. The van der Waals surface area contributed by atoms with Crippen LogP contribution >= 0.6 is 11.6 Å². The Morgan fingerprint density at radius 1 is 1.06 bits per heavy atom. The minimum absolute atomic E-state index is 0.0338. The minimum atomic E-state index is -1.26. The van der Waals surface area contributed by atoms with Gasteiger partial charge in [-0.1, -0.05) is 41.9 Å². The fourth-order valence-electron chi connectivity index (χ4n) is 6.60. The summed E-state index contributed by atoms with van der Waals surface area (Å²) in [5.74, 6) is -3.45. The van der Waals surface area contributed by atoms with Crippen LogP contribution in [0.1, 0.15) is 55.1 Å². The fourth-order valence-corrected chi connectivity index (χ4v) is 6.87. The Labute approximate surface area is 273 Å². The lowest BCUT2D eigenvalue weighted by Crippen LogP contribution is -2.53. The molecule has 0 radical (unpaired) electrons. The van der Waals surface area contributed by atoms with Crippen molar-refractivity contribution >= 4 is 23.6 Å². The zero-order valence-corrected chi connectivity index (χ0v) is 26.4. The molecule has 1 saturated heterocycles. The van der Waals surface area contributed by atoms with Crippen LogP contribution in [0.5, 0.6) is 28.9 Å². The molecule has 10 nitrogen and oxygen atoms in total. The van der Waals surface area contributed by atoms with E-state index < -0.39 is 57.2 Å². The van der Waals surface area contributed by atoms with Gasteiger partial charge < -0.3 is 29.6 Å². The molecule has 0 bridgehead atoms. The maximum Gasteiger partial charge on any atom is 0.410 e. The lowest BCUT2D eigenvalue weighted by Gasteiger charge is -2.40. The summed E-state index contributed by atoms with van der Waals surface area (Å²) in [6, 6.07) is 12.5. The van der Waals surface area contributed by atoms with E-state index in [0.717, 1.165) is 6.07 Å². The highest BCUT2D eigenvalue weighted by Crippen LogP contribution is 2.55. The van der Waals surface area contributed by atoms with E-state index in [1.165, 1.54) is 18.3 Å². The summed E-state index contributed by atoms with van der Waals surface area (Å²) in [6.45, 7) is 5.75. The van der Waals surface area contributed by atoms with E-state index in [4.69, 9.17) is 36.3 Å². The maximum atomic E-state index is 16.7. The van der Waals surface area contributed by atoms with E-state index in [1.807, 2.05) is 30.3 Å². The van der Waals surface area contributed by atoms with Crippen molar-refractivity contribution in [2.24, 2.45) is 5.73 Å². The van der Waals surface area contributed by atoms with E-state index in [-0.39, 0.29) is 40.7 Å². The standard InChI is InChI=1S/C34H29ClF2N4O6/c1-33(2,3)47-32(43)41-13-7-10-24(41)34(17-8-5-4-6-9-17)16-19-22(46-34)15-20(36)27(35)25(19)26-18(30(38)42)14-23-29(28(26)37)45-31-21(44-23)11-12-39-40-31/h4-6,8-9,11-12,14-15,24H,7,10,13,16H2,1-3H3,(H2,38,42)/t24-,34-/m0/s1. The summed E-state index contributed by atoms with van der Waals surface area (Å²) in [6.07, 6.45) is 2.07. The number of ether oxygens (including phenoxy) is 4. The van der Waals surface area contributed by atoms with Crippen LogP contribution in [0, 0.1) is 11.6 Å². The number of hydrogen-bond donors (Lipinski definition) is 1. The summed E-state index contributed by atoms with van der Waals surface area (Å²) in [4.78, 5) is 28.0. The molecule has 0 aliphatic carbocycles. The Hall–Kier alpha value is -4.97. The van der Waals surface area contributed by atoms with Gasteiger partial charge in [-0.15, -0.1) is 5.10 Å². The number of nitrogens with two attached hydrogens (primary N) is 1. The van der Waals surface area contributed by atoms with Crippen LogP contribution in [-0.2, 0) is 16.8 Å². The average molecular weight is 663 g/mol. The topological polar surface area (TPSA) is 126 Å². The lowest BCUT2D eigenvalue weighted by molar-refractivity contribution is -0.0216. The molecule has 4 heterocycles. The second-order valence-electron chi connectivity index (χ2n) is 12.6. The van der Waals surface area contributed by atoms with E-state index in [0.29, 0.717) is 30.5 Å². The van der Waals surface area contributed by atoms with Gasteiger partial charge in [0.05, 0.1) is 22.8 Å². The van der Waals surface area contributed by atoms with Gasteiger partial charge in [0.25, 0.3) is 5.88 Å². The lowest BCUT2D eigenvalue weighted by atomic mass is 9.79. The molecule has 3 aliphatic heterocycles. The van der Waals surface area contributed by atoms with Crippen molar-refractivity contribution in [3.63, 3.8) is 0 Å². The average Bonchev–Trinajstić information content (AvgIpc) is 3.67. The molecule has 7 rings (SSSR count). The first-order valence-electron chi connectivity index (χ1n) is 15.0. The van der Waals surface area contributed by atoms with Crippen LogP contribution in [0.3, 0.4) is 0 Å². The van der Waals surface area contributed by atoms with Gasteiger partial charge in [0, 0.05) is 41.8 Å². The zero-order chi connectivity index (χ0) is 33.2. The van der Waals surface area contributed by atoms with Crippen LogP contribution in [0.4, 0.5) is 13.6 Å². The predicted molar refractivity (Wildman–Crippen MR) is 166 cm³/mol. The summed E-state index contributed by atoms with van der Waals surface area (Å²) in [7, 11) is 0. The Morgan fingerprint density at radius 2 is 1.83 bits per heavy atom. The van der Waals surface area contributed by atoms with Gasteiger partial charge in [-0.2, -0.15) is 5.10 Å². The molecule has 1 aromatic heterocycles. The van der Waals surface area contributed by atoms with Gasteiger partial charge >= 0.3 is 6.09 Å². The molecule has 47 heavy (non-hydrogen) atoms. The van der Waals surface area contributed by atoms with Crippen LogP contribution in [-0.4, -0.2) is 45.3 Å². The van der Waals surface area contributed by atoms with E-state index >= 15 is 8.78 Å². The monoisotopic (exact) mass is 662 g/mol. The molecular weight excluding hydrogens is 634 g/mol. The summed E-state index contributed by atoms with van der Waals surface area (Å²) in [5, 5.41) is 7.14. The largest absolute Gasteiger partial charge is 0.480 e. The highest BCUT2D eigenvalue weighted by Gasteiger charge is 2.54. The smallest absolute Gasteiger partial charge is 0.410 e. The van der Waals surface area contributed by atoms with Gasteiger partial charge in [0.1, 0.15) is 17.2 Å². The van der Waals surface area contributed by atoms with Crippen LogP contribution < -0.4 is 19.9 Å². The third-order valence-corrected chi connectivity index (χ3v) is 8.84. The van der Waals surface area contributed by atoms with Crippen LogP contribution in [0.15, 0.2) is 54.7 Å². The zero-order valence-electron chi connectivity index (χ0n) is 25.6. The molecular formula is C34H29ClF2N4O6. The molecule has 1 fully saturated rings. The third-order valence-electron chi connectivity index (χ3n) is 8.47.